The zero-order valence-electron chi connectivity index (χ0n) is 11.8. The minimum atomic E-state index is 0.310. The second-order valence-electron chi connectivity index (χ2n) is 6.95. The molecule has 0 spiro atoms. The largest absolute Gasteiger partial charge is 0.327 e. The molecule has 1 aliphatic carbocycles. The maximum atomic E-state index is 6.19. The highest BCUT2D eigenvalue weighted by molar-refractivity contribution is 4.89. The molecule has 1 heterocycles. The van der Waals surface area contributed by atoms with Gasteiger partial charge >= 0.3 is 0 Å². The molecule has 2 heteroatoms. The summed E-state index contributed by atoms with van der Waals surface area (Å²) in [6.45, 7) is 8.37. The van der Waals surface area contributed by atoms with Gasteiger partial charge in [-0.15, -0.1) is 0 Å². The zero-order valence-corrected chi connectivity index (χ0v) is 11.8. The van der Waals surface area contributed by atoms with Gasteiger partial charge in [0.2, 0.25) is 0 Å². The summed E-state index contributed by atoms with van der Waals surface area (Å²) >= 11 is 0. The van der Waals surface area contributed by atoms with E-state index in [0.717, 1.165) is 5.92 Å². The van der Waals surface area contributed by atoms with Gasteiger partial charge in [-0.3, -0.25) is 0 Å². The molecule has 2 aliphatic rings. The van der Waals surface area contributed by atoms with Crippen LogP contribution in [0, 0.1) is 11.3 Å². The summed E-state index contributed by atoms with van der Waals surface area (Å²) in [5, 5.41) is 0. The highest BCUT2D eigenvalue weighted by Crippen LogP contribution is 2.30. The fraction of sp³-hybridized carbons (Fsp3) is 1.00. The van der Waals surface area contributed by atoms with Crippen molar-refractivity contribution in [3.05, 3.63) is 0 Å². The Morgan fingerprint density at radius 1 is 1.12 bits per heavy atom. The van der Waals surface area contributed by atoms with Crippen molar-refractivity contribution in [3.8, 4) is 0 Å². The second kappa shape index (κ2) is 5.71. The number of rotatable bonds is 3. The van der Waals surface area contributed by atoms with E-state index >= 15 is 0 Å². The highest BCUT2D eigenvalue weighted by atomic mass is 15.1. The van der Waals surface area contributed by atoms with Gasteiger partial charge in [-0.25, -0.2) is 0 Å². The van der Waals surface area contributed by atoms with Crippen LogP contribution in [0.15, 0.2) is 0 Å². The van der Waals surface area contributed by atoms with Gasteiger partial charge in [-0.05, 0) is 37.3 Å². The normalized spacial score (nSPS) is 31.6. The molecule has 0 aromatic heterocycles. The molecule has 1 atom stereocenters. The lowest BCUT2D eigenvalue weighted by atomic mass is 9.79. The van der Waals surface area contributed by atoms with E-state index in [1.165, 1.54) is 64.6 Å². The van der Waals surface area contributed by atoms with Crippen molar-refractivity contribution in [2.75, 3.05) is 19.6 Å². The third-order valence-corrected chi connectivity index (χ3v) is 4.97. The van der Waals surface area contributed by atoms with Crippen LogP contribution in [-0.2, 0) is 0 Å². The molecular weight excluding hydrogens is 208 g/mol. The lowest BCUT2D eigenvalue weighted by molar-refractivity contribution is 0.0883. The average molecular weight is 238 g/mol. The van der Waals surface area contributed by atoms with Crippen LogP contribution in [0.4, 0.5) is 0 Å². The molecule has 1 saturated carbocycles. The highest BCUT2D eigenvalue weighted by Gasteiger charge is 2.33. The van der Waals surface area contributed by atoms with E-state index in [1.807, 2.05) is 0 Å². The molecule has 2 nitrogen and oxygen atoms in total. The Hall–Kier alpha value is -0.0800. The van der Waals surface area contributed by atoms with E-state index in [-0.39, 0.29) is 0 Å². The topological polar surface area (TPSA) is 29.3 Å². The van der Waals surface area contributed by atoms with Crippen molar-refractivity contribution >= 4 is 0 Å². The van der Waals surface area contributed by atoms with Crippen molar-refractivity contribution in [1.29, 1.82) is 0 Å². The van der Waals surface area contributed by atoms with Crippen LogP contribution in [0.5, 0.6) is 0 Å². The summed E-state index contributed by atoms with van der Waals surface area (Å²) in [6, 6.07) is 0.397. The second-order valence-corrected chi connectivity index (χ2v) is 6.95. The van der Waals surface area contributed by atoms with E-state index in [1.54, 1.807) is 0 Å². The Kier molecular flexibility index (Phi) is 4.48. The van der Waals surface area contributed by atoms with E-state index in [0.29, 0.717) is 11.5 Å². The third kappa shape index (κ3) is 3.69. The van der Waals surface area contributed by atoms with E-state index in [9.17, 15) is 0 Å². The van der Waals surface area contributed by atoms with Crippen molar-refractivity contribution in [3.63, 3.8) is 0 Å². The summed E-state index contributed by atoms with van der Waals surface area (Å²) in [6.07, 6.45) is 9.99. The Bertz CT molecular complexity index is 231. The van der Waals surface area contributed by atoms with Crippen LogP contribution in [-0.4, -0.2) is 30.6 Å². The standard InChI is InChI=1S/C15H30N2/c1-15(2)12-17(11-9-14(15)16)10-8-13-6-4-3-5-7-13/h13-14H,3-12,16H2,1-2H3. The van der Waals surface area contributed by atoms with Gasteiger partial charge in [-0.1, -0.05) is 46.0 Å². The molecule has 2 fully saturated rings. The molecule has 1 unspecified atom stereocenters. The lowest BCUT2D eigenvalue weighted by Gasteiger charge is -2.43. The Balaban J connectivity index is 1.72. The molecule has 0 aromatic rings. The molecule has 2 N–H and O–H groups in total. The van der Waals surface area contributed by atoms with Crippen LogP contribution < -0.4 is 5.73 Å². The molecule has 0 radical (unpaired) electrons. The molecule has 100 valence electrons. The molecule has 1 aliphatic heterocycles. The fourth-order valence-corrected chi connectivity index (χ4v) is 3.52. The van der Waals surface area contributed by atoms with Crippen molar-refractivity contribution < 1.29 is 0 Å². The monoisotopic (exact) mass is 238 g/mol. The molecule has 1 saturated heterocycles. The van der Waals surface area contributed by atoms with E-state index in [2.05, 4.69) is 18.7 Å². The summed E-state index contributed by atoms with van der Waals surface area (Å²) in [7, 11) is 0. The first kappa shape index (κ1) is 13.4. The average Bonchev–Trinajstić information content (AvgIpc) is 2.32. The maximum absolute atomic E-state index is 6.19. The first-order chi connectivity index (χ1) is 8.08. The van der Waals surface area contributed by atoms with Crippen LogP contribution >= 0.6 is 0 Å². The van der Waals surface area contributed by atoms with Gasteiger partial charge in [0, 0.05) is 12.6 Å². The Morgan fingerprint density at radius 3 is 2.47 bits per heavy atom. The number of nitrogens with zero attached hydrogens (tertiary/aromatic N) is 1. The van der Waals surface area contributed by atoms with Crippen molar-refractivity contribution in [1.82, 2.24) is 4.90 Å². The van der Waals surface area contributed by atoms with Crippen molar-refractivity contribution in [2.45, 2.75) is 64.8 Å². The molecular formula is C15H30N2. The number of hydrogen-bond acceptors (Lipinski definition) is 2. The van der Waals surface area contributed by atoms with Gasteiger partial charge in [-0.2, -0.15) is 0 Å². The Labute approximate surface area is 107 Å². The quantitative estimate of drug-likeness (QED) is 0.819. The van der Waals surface area contributed by atoms with Crippen LogP contribution in [0.25, 0.3) is 0 Å². The van der Waals surface area contributed by atoms with Crippen LogP contribution in [0.1, 0.15) is 58.8 Å². The number of piperidine rings is 1. The smallest absolute Gasteiger partial charge is 0.0115 e. The van der Waals surface area contributed by atoms with Gasteiger partial charge in [0.25, 0.3) is 0 Å². The van der Waals surface area contributed by atoms with Gasteiger partial charge < -0.3 is 10.6 Å². The number of nitrogens with two attached hydrogens (primary N) is 1. The SMILES string of the molecule is CC1(C)CN(CCC2CCCCC2)CCC1N. The summed E-state index contributed by atoms with van der Waals surface area (Å²) in [5.41, 5.74) is 6.50. The van der Waals surface area contributed by atoms with Gasteiger partial charge in [0.15, 0.2) is 0 Å². The molecule has 0 bridgehead atoms. The van der Waals surface area contributed by atoms with E-state index in [4.69, 9.17) is 5.73 Å². The minimum absolute atomic E-state index is 0.310. The Morgan fingerprint density at radius 2 is 1.82 bits per heavy atom. The first-order valence-corrected chi connectivity index (χ1v) is 7.56. The molecule has 0 amide bonds. The fourth-order valence-electron chi connectivity index (χ4n) is 3.52. The third-order valence-electron chi connectivity index (χ3n) is 4.97. The summed E-state index contributed by atoms with van der Waals surface area (Å²) in [5.74, 6) is 1.02. The zero-order chi connectivity index (χ0) is 12.3. The van der Waals surface area contributed by atoms with Crippen molar-refractivity contribution in [2.24, 2.45) is 17.1 Å². The predicted molar refractivity (Wildman–Crippen MR) is 74.0 cm³/mol. The van der Waals surface area contributed by atoms with Crippen LogP contribution in [0.2, 0.25) is 0 Å². The summed E-state index contributed by atoms with van der Waals surface area (Å²) in [4.78, 5) is 2.65. The van der Waals surface area contributed by atoms with Crippen LogP contribution in [0.3, 0.4) is 0 Å². The molecule has 0 aromatic carbocycles. The molecule has 2 rings (SSSR count). The van der Waals surface area contributed by atoms with Gasteiger partial charge in [0.05, 0.1) is 0 Å². The maximum Gasteiger partial charge on any atom is 0.0115 e. The van der Waals surface area contributed by atoms with E-state index < -0.39 is 0 Å². The first-order valence-electron chi connectivity index (χ1n) is 7.56. The predicted octanol–water partition coefficient (Wildman–Crippen LogP) is 3.02. The molecule has 17 heavy (non-hydrogen) atoms. The van der Waals surface area contributed by atoms with Gasteiger partial charge in [0.1, 0.15) is 0 Å². The number of hydrogen-bond donors (Lipinski definition) is 1. The lowest BCUT2D eigenvalue weighted by Crippen LogP contribution is -2.52. The summed E-state index contributed by atoms with van der Waals surface area (Å²) < 4.78 is 0. The number of likely N-dealkylation sites (tertiary alicyclic amines) is 1. The minimum Gasteiger partial charge on any atom is -0.327 e.